The Kier molecular flexibility index (Phi) is 7.91. The standard InChI is InChI=1S/C30H32N4O3/c1-36-27-14-12-25(13-15-27)29-31-28(37-32-29)22-33-18-16-26(17-19-33)30(35)34(20-23-8-4-2-5-9-23)21-24-10-6-3-7-11-24/h2-15,26H,16-22H2,1H3. The maximum Gasteiger partial charge on any atom is 0.241 e. The van der Waals surface area contributed by atoms with Crippen molar-refractivity contribution in [2.45, 2.75) is 32.5 Å². The minimum Gasteiger partial charge on any atom is -0.497 e. The molecule has 0 radical (unpaired) electrons. The molecule has 1 amide bonds. The Balaban J connectivity index is 1.18. The lowest BCUT2D eigenvalue weighted by Crippen LogP contribution is -2.42. The van der Waals surface area contributed by atoms with Crippen LogP contribution in [0.1, 0.15) is 29.9 Å². The number of hydrogen-bond acceptors (Lipinski definition) is 6. The van der Waals surface area contributed by atoms with Crippen LogP contribution in [0.3, 0.4) is 0 Å². The molecule has 0 bridgehead atoms. The van der Waals surface area contributed by atoms with Crippen LogP contribution >= 0.6 is 0 Å². The maximum atomic E-state index is 13.6. The van der Waals surface area contributed by atoms with Gasteiger partial charge in [0.25, 0.3) is 0 Å². The predicted octanol–water partition coefficient (Wildman–Crippen LogP) is 5.19. The van der Waals surface area contributed by atoms with Gasteiger partial charge >= 0.3 is 0 Å². The van der Waals surface area contributed by atoms with Gasteiger partial charge in [-0.05, 0) is 61.3 Å². The zero-order chi connectivity index (χ0) is 25.5. The second-order valence-corrected chi connectivity index (χ2v) is 9.46. The lowest BCUT2D eigenvalue weighted by molar-refractivity contribution is -0.138. The smallest absolute Gasteiger partial charge is 0.241 e. The van der Waals surface area contributed by atoms with Crippen LogP contribution in [-0.4, -0.2) is 46.0 Å². The Morgan fingerprint density at radius 3 is 2.08 bits per heavy atom. The SMILES string of the molecule is COc1ccc(-c2noc(CN3CCC(C(=O)N(Cc4ccccc4)Cc4ccccc4)CC3)n2)cc1. The summed E-state index contributed by atoms with van der Waals surface area (Å²) in [5.74, 6) is 2.19. The number of carbonyl (C=O) groups excluding carboxylic acids is 1. The van der Waals surface area contributed by atoms with E-state index >= 15 is 0 Å². The second-order valence-electron chi connectivity index (χ2n) is 9.46. The summed E-state index contributed by atoms with van der Waals surface area (Å²) in [6.45, 7) is 3.46. The number of ether oxygens (including phenoxy) is 1. The molecule has 0 N–H and O–H groups in total. The van der Waals surface area contributed by atoms with Crippen molar-refractivity contribution in [2.24, 2.45) is 5.92 Å². The van der Waals surface area contributed by atoms with Gasteiger partial charge in [-0.15, -0.1) is 0 Å². The fraction of sp³-hybridized carbons (Fsp3) is 0.300. The third-order valence-corrected chi connectivity index (χ3v) is 6.86. The number of carbonyl (C=O) groups is 1. The molecule has 1 aliphatic rings. The summed E-state index contributed by atoms with van der Waals surface area (Å²) in [7, 11) is 1.64. The Bertz CT molecular complexity index is 1230. The molecule has 7 heteroatoms. The molecule has 1 fully saturated rings. The quantitative estimate of drug-likeness (QED) is 0.318. The molecule has 0 unspecified atom stereocenters. The van der Waals surface area contributed by atoms with Crippen molar-refractivity contribution in [2.75, 3.05) is 20.2 Å². The summed E-state index contributed by atoms with van der Waals surface area (Å²) < 4.78 is 10.7. The van der Waals surface area contributed by atoms with E-state index in [1.165, 1.54) is 0 Å². The number of rotatable bonds is 9. The minimum absolute atomic E-state index is 0.0150. The van der Waals surface area contributed by atoms with Crippen molar-refractivity contribution in [3.8, 4) is 17.1 Å². The average molecular weight is 497 g/mol. The van der Waals surface area contributed by atoms with Gasteiger partial charge in [0.05, 0.1) is 13.7 Å². The summed E-state index contributed by atoms with van der Waals surface area (Å²) >= 11 is 0. The van der Waals surface area contributed by atoms with E-state index in [-0.39, 0.29) is 11.8 Å². The molecule has 0 atom stereocenters. The van der Waals surface area contributed by atoms with Gasteiger partial charge in [0.1, 0.15) is 5.75 Å². The van der Waals surface area contributed by atoms with Crippen LogP contribution in [0.5, 0.6) is 5.75 Å². The number of nitrogens with zero attached hydrogens (tertiary/aromatic N) is 4. The van der Waals surface area contributed by atoms with Crippen molar-refractivity contribution in [1.29, 1.82) is 0 Å². The van der Waals surface area contributed by atoms with E-state index in [9.17, 15) is 4.79 Å². The van der Waals surface area contributed by atoms with E-state index in [0.29, 0.717) is 31.3 Å². The van der Waals surface area contributed by atoms with Crippen LogP contribution in [0.2, 0.25) is 0 Å². The molecule has 0 saturated carbocycles. The molecule has 0 spiro atoms. The highest BCUT2D eigenvalue weighted by Gasteiger charge is 2.29. The van der Waals surface area contributed by atoms with E-state index in [1.807, 2.05) is 65.6 Å². The topological polar surface area (TPSA) is 71.7 Å². The van der Waals surface area contributed by atoms with Gasteiger partial charge in [0.15, 0.2) is 0 Å². The first-order valence-corrected chi connectivity index (χ1v) is 12.7. The fourth-order valence-electron chi connectivity index (χ4n) is 4.78. The Hall–Kier alpha value is -3.97. The molecular weight excluding hydrogens is 464 g/mol. The van der Waals surface area contributed by atoms with Crippen molar-refractivity contribution in [3.63, 3.8) is 0 Å². The Labute approximate surface area is 217 Å². The predicted molar refractivity (Wildman–Crippen MR) is 141 cm³/mol. The highest BCUT2D eigenvalue weighted by molar-refractivity contribution is 5.79. The molecule has 1 aliphatic heterocycles. The number of likely N-dealkylation sites (tertiary alicyclic amines) is 1. The van der Waals surface area contributed by atoms with Crippen LogP contribution in [0.15, 0.2) is 89.5 Å². The minimum atomic E-state index is 0.0150. The third-order valence-electron chi connectivity index (χ3n) is 6.86. The molecule has 7 nitrogen and oxygen atoms in total. The van der Waals surface area contributed by atoms with Gasteiger partial charge in [-0.3, -0.25) is 9.69 Å². The molecule has 190 valence electrons. The van der Waals surface area contributed by atoms with Crippen molar-refractivity contribution >= 4 is 5.91 Å². The van der Waals surface area contributed by atoms with Crippen molar-refractivity contribution in [3.05, 3.63) is 102 Å². The molecule has 2 heterocycles. The number of methoxy groups -OCH3 is 1. The van der Waals surface area contributed by atoms with E-state index in [1.54, 1.807) is 7.11 Å². The first kappa shape index (κ1) is 24.7. The van der Waals surface area contributed by atoms with E-state index in [0.717, 1.165) is 48.4 Å². The fourth-order valence-corrected chi connectivity index (χ4v) is 4.78. The summed E-state index contributed by atoms with van der Waals surface area (Å²) in [6.07, 6.45) is 1.64. The molecule has 1 saturated heterocycles. The molecule has 37 heavy (non-hydrogen) atoms. The van der Waals surface area contributed by atoms with Gasteiger partial charge in [-0.1, -0.05) is 65.8 Å². The first-order valence-electron chi connectivity index (χ1n) is 12.7. The average Bonchev–Trinajstić information content (AvgIpc) is 3.42. The van der Waals surface area contributed by atoms with Crippen molar-refractivity contribution in [1.82, 2.24) is 19.9 Å². The van der Waals surface area contributed by atoms with Gasteiger partial charge in [-0.25, -0.2) is 0 Å². The largest absolute Gasteiger partial charge is 0.497 e. The molecule has 4 aromatic rings. The first-order chi connectivity index (χ1) is 18.2. The lowest BCUT2D eigenvalue weighted by Gasteiger charge is -2.34. The maximum absolute atomic E-state index is 13.6. The van der Waals surface area contributed by atoms with E-state index < -0.39 is 0 Å². The summed E-state index contributed by atoms with van der Waals surface area (Å²) in [4.78, 5) is 22.5. The highest BCUT2D eigenvalue weighted by Crippen LogP contribution is 2.24. The van der Waals surface area contributed by atoms with E-state index in [2.05, 4.69) is 39.3 Å². The molecule has 0 aliphatic carbocycles. The molecular formula is C30H32N4O3. The Morgan fingerprint density at radius 1 is 0.919 bits per heavy atom. The second kappa shape index (κ2) is 11.8. The van der Waals surface area contributed by atoms with Crippen LogP contribution < -0.4 is 4.74 Å². The number of amides is 1. The van der Waals surface area contributed by atoms with Crippen LogP contribution in [0, 0.1) is 5.92 Å². The van der Waals surface area contributed by atoms with Crippen LogP contribution in [0.25, 0.3) is 11.4 Å². The molecule has 3 aromatic carbocycles. The summed E-state index contributed by atoms with van der Waals surface area (Å²) in [5, 5.41) is 4.14. The van der Waals surface area contributed by atoms with Gasteiger partial charge in [-0.2, -0.15) is 4.98 Å². The highest BCUT2D eigenvalue weighted by atomic mass is 16.5. The number of aromatic nitrogens is 2. The molecule has 5 rings (SSSR count). The number of piperidine rings is 1. The van der Waals surface area contributed by atoms with E-state index in [4.69, 9.17) is 9.26 Å². The summed E-state index contributed by atoms with van der Waals surface area (Å²) in [6, 6.07) is 28.0. The normalized spacial score (nSPS) is 14.4. The van der Waals surface area contributed by atoms with Gasteiger partial charge < -0.3 is 14.2 Å². The summed E-state index contributed by atoms with van der Waals surface area (Å²) in [5.41, 5.74) is 3.18. The zero-order valence-corrected chi connectivity index (χ0v) is 21.1. The van der Waals surface area contributed by atoms with Gasteiger partial charge in [0, 0.05) is 24.6 Å². The van der Waals surface area contributed by atoms with Gasteiger partial charge in [0.2, 0.25) is 17.6 Å². The van der Waals surface area contributed by atoms with Crippen LogP contribution in [-0.2, 0) is 24.4 Å². The molecule has 1 aromatic heterocycles. The van der Waals surface area contributed by atoms with Crippen molar-refractivity contribution < 1.29 is 14.1 Å². The Morgan fingerprint density at radius 2 is 1.51 bits per heavy atom. The monoisotopic (exact) mass is 496 g/mol. The van der Waals surface area contributed by atoms with Crippen LogP contribution in [0.4, 0.5) is 0 Å². The third kappa shape index (κ3) is 6.43. The number of benzene rings is 3. The lowest BCUT2D eigenvalue weighted by atomic mass is 9.94. The zero-order valence-electron chi connectivity index (χ0n) is 21.1. The number of hydrogen-bond donors (Lipinski definition) is 0.